The molecule has 1 amide bonds. The molecule has 0 spiro atoms. The molecule has 1 aliphatic rings. The van der Waals surface area contributed by atoms with E-state index in [9.17, 15) is 4.79 Å². The Morgan fingerprint density at radius 2 is 2.20 bits per heavy atom. The zero-order chi connectivity index (χ0) is 14.7. The fourth-order valence-corrected chi connectivity index (χ4v) is 3.29. The van der Waals surface area contributed by atoms with E-state index in [1.54, 1.807) is 7.05 Å². The van der Waals surface area contributed by atoms with Crippen LogP contribution in [0.1, 0.15) is 47.8 Å². The molecule has 6 heteroatoms. The summed E-state index contributed by atoms with van der Waals surface area (Å²) in [7, 11) is 1.63. The second-order valence-corrected chi connectivity index (χ2v) is 6.31. The minimum Gasteiger partial charge on any atom is -0.397 e. The molecule has 0 atom stereocenters. The lowest BCUT2D eigenvalue weighted by molar-refractivity contribution is 0.0871. The van der Waals surface area contributed by atoms with Crippen LogP contribution >= 0.6 is 11.3 Å². The molecule has 1 fully saturated rings. The second kappa shape index (κ2) is 6.45. The van der Waals surface area contributed by atoms with E-state index in [1.807, 2.05) is 13.8 Å². The summed E-state index contributed by atoms with van der Waals surface area (Å²) in [6, 6.07) is 0. The average Bonchev–Trinajstić information content (AvgIpc) is 3.18. The summed E-state index contributed by atoms with van der Waals surface area (Å²) in [5, 5.41) is 7.03. The Labute approximate surface area is 123 Å². The van der Waals surface area contributed by atoms with E-state index in [4.69, 9.17) is 10.5 Å². The van der Waals surface area contributed by atoms with E-state index in [0.29, 0.717) is 23.1 Å². The maximum absolute atomic E-state index is 11.8. The summed E-state index contributed by atoms with van der Waals surface area (Å²) >= 11 is 1.44. The van der Waals surface area contributed by atoms with Crippen molar-refractivity contribution in [3.63, 3.8) is 0 Å². The number of ether oxygens (including phenoxy) is 1. The van der Waals surface area contributed by atoms with Gasteiger partial charge in [-0.05, 0) is 32.6 Å². The fourth-order valence-electron chi connectivity index (χ4n) is 2.11. The number of anilines is 2. The highest BCUT2D eigenvalue weighted by atomic mass is 32.1. The van der Waals surface area contributed by atoms with E-state index < -0.39 is 0 Å². The zero-order valence-electron chi connectivity index (χ0n) is 12.3. The first-order valence-electron chi connectivity index (χ1n) is 7.04. The molecule has 0 bridgehead atoms. The van der Waals surface area contributed by atoms with Gasteiger partial charge in [-0.2, -0.15) is 0 Å². The number of carbonyl (C=O) groups excluding carboxylic acids is 1. The summed E-state index contributed by atoms with van der Waals surface area (Å²) < 4.78 is 5.52. The molecule has 0 saturated heterocycles. The maximum atomic E-state index is 11.8. The SMILES string of the molecule is CNC(=O)c1sc(NCCOC(C)C)c(C2CC2)c1N. The van der Waals surface area contributed by atoms with Crippen molar-refractivity contribution in [2.24, 2.45) is 0 Å². The highest BCUT2D eigenvalue weighted by Gasteiger charge is 2.32. The van der Waals surface area contributed by atoms with Crippen LogP contribution in [-0.2, 0) is 4.74 Å². The first-order chi connectivity index (χ1) is 9.54. The number of thiophene rings is 1. The minimum absolute atomic E-state index is 0.110. The molecule has 5 nitrogen and oxygen atoms in total. The Morgan fingerprint density at radius 3 is 2.75 bits per heavy atom. The van der Waals surface area contributed by atoms with Crippen molar-refractivity contribution >= 4 is 27.9 Å². The normalized spacial score (nSPS) is 14.6. The van der Waals surface area contributed by atoms with E-state index in [1.165, 1.54) is 11.3 Å². The standard InChI is InChI=1S/C14H23N3O2S/c1-8(2)19-7-6-17-14-10(9-4-5-9)11(15)12(20-14)13(18)16-3/h8-9,17H,4-7,15H2,1-3H3,(H,16,18). The van der Waals surface area contributed by atoms with Crippen molar-refractivity contribution < 1.29 is 9.53 Å². The van der Waals surface area contributed by atoms with Crippen molar-refractivity contribution in [1.29, 1.82) is 0 Å². The molecule has 1 aliphatic carbocycles. The molecule has 1 aromatic rings. The number of nitrogen functional groups attached to an aromatic ring is 1. The van der Waals surface area contributed by atoms with Crippen LogP contribution in [0.15, 0.2) is 0 Å². The Balaban J connectivity index is 2.08. The molecule has 1 heterocycles. The van der Waals surface area contributed by atoms with Crippen LogP contribution in [0.3, 0.4) is 0 Å². The number of hydrogen-bond acceptors (Lipinski definition) is 5. The number of amides is 1. The van der Waals surface area contributed by atoms with Crippen molar-refractivity contribution in [2.75, 3.05) is 31.2 Å². The molecule has 112 valence electrons. The molecule has 0 aliphatic heterocycles. The number of nitrogens with one attached hydrogen (secondary N) is 2. The van der Waals surface area contributed by atoms with E-state index in [0.717, 1.165) is 30.0 Å². The summed E-state index contributed by atoms with van der Waals surface area (Å²) in [6.07, 6.45) is 2.55. The number of carbonyl (C=O) groups is 1. The molecule has 0 radical (unpaired) electrons. The lowest BCUT2D eigenvalue weighted by Gasteiger charge is -2.10. The number of hydrogen-bond donors (Lipinski definition) is 3. The largest absolute Gasteiger partial charge is 0.397 e. The van der Waals surface area contributed by atoms with Gasteiger partial charge in [-0.25, -0.2) is 0 Å². The van der Waals surface area contributed by atoms with E-state index in [-0.39, 0.29) is 12.0 Å². The Bertz CT molecular complexity index is 481. The molecule has 20 heavy (non-hydrogen) atoms. The van der Waals surface area contributed by atoms with Gasteiger partial charge in [-0.1, -0.05) is 0 Å². The summed E-state index contributed by atoms with van der Waals surface area (Å²) in [4.78, 5) is 12.4. The van der Waals surface area contributed by atoms with Gasteiger partial charge in [-0.15, -0.1) is 11.3 Å². The Morgan fingerprint density at radius 1 is 1.50 bits per heavy atom. The third kappa shape index (κ3) is 3.43. The van der Waals surface area contributed by atoms with Gasteiger partial charge in [0.05, 0.1) is 23.4 Å². The maximum Gasteiger partial charge on any atom is 0.263 e. The molecule has 1 saturated carbocycles. The fraction of sp³-hybridized carbons (Fsp3) is 0.643. The van der Waals surface area contributed by atoms with Crippen LogP contribution < -0.4 is 16.4 Å². The first kappa shape index (κ1) is 15.1. The Hall–Kier alpha value is -1.27. The minimum atomic E-state index is -0.110. The monoisotopic (exact) mass is 297 g/mol. The molecule has 0 aromatic carbocycles. The topological polar surface area (TPSA) is 76.4 Å². The Kier molecular flexibility index (Phi) is 4.88. The molecular formula is C14H23N3O2S. The highest BCUT2D eigenvalue weighted by molar-refractivity contribution is 7.18. The van der Waals surface area contributed by atoms with Gasteiger partial charge in [0.25, 0.3) is 5.91 Å². The molecular weight excluding hydrogens is 274 g/mol. The molecule has 2 rings (SSSR count). The smallest absolute Gasteiger partial charge is 0.263 e. The summed E-state index contributed by atoms with van der Waals surface area (Å²) in [5.41, 5.74) is 7.92. The molecule has 1 aromatic heterocycles. The lowest BCUT2D eigenvalue weighted by Crippen LogP contribution is -2.17. The van der Waals surface area contributed by atoms with Gasteiger partial charge in [0, 0.05) is 19.2 Å². The van der Waals surface area contributed by atoms with E-state index in [2.05, 4.69) is 10.6 Å². The van der Waals surface area contributed by atoms with Crippen molar-refractivity contribution in [3.8, 4) is 0 Å². The summed E-state index contributed by atoms with van der Waals surface area (Å²) in [5.74, 6) is 0.402. The predicted molar refractivity (Wildman–Crippen MR) is 83.7 cm³/mol. The van der Waals surface area contributed by atoms with Gasteiger partial charge < -0.3 is 21.1 Å². The quantitative estimate of drug-likeness (QED) is 0.676. The number of rotatable bonds is 7. The predicted octanol–water partition coefficient (Wildman–Crippen LogP) is 2.40. The van der Waals surface area contributed by atoms with Gasteiger partial charge in [0.15, 0.2) is 0 Å². The van der Waals surface area contributed by atoms with Crippen LogP contribution in [0.5, 0.6) is 0 Å². The molecule has 0 unspecified atom stereocenters. The van der Waals surface area contributed by atoms with Gasteiger partial charge in [0.1, 0.15) is 4.88 Å². The van der Waals surface area contributed by atoms with Crippen LogP contribution in [0.25, 0.3) is 0 Å². The van der Waals surface area contributed by atoms with Crippen molar-refractivity contribution in [1.82, 2.24) is 5.32 Å². The van der Waals surface area contributed by atoms with Crippen LogP contribution in [0, 0.1) is 0 Å². The van der Waals surface area contributed by atoms with E-state index >= 15 is 0 Å². The van der Waals surface area contributed by atoms with Gasteiger partial charge >= 0.3 is 0 Å². The third-order valence-electron chi connectivity index (χ3n) is 3.24. The first-order valence-corrected chi connectivity index (χ1v) is 7.86. The summed E-state index contributed by atoms with van der Waals surface area (Å²) in [6.45, 7) is 5.41. The average molecular weight is 297 g/mol. The van der Waals surface area contributed by atoms with Crippen LogP contribution in [-0.4, -0.2) is 32.2 Å². The second-order valence-electron chi connectivity index (χ2n) is 5.29. The van der Waals surface area contributed by atoms with Crippen molar-refractivity contribution in [3.05, 3.63) is 10.4 Å². The zero-order valence-corrected chi connectivity index (χ0v) is 13.1. The third-order valence-corrected chi connectivity index (χ3v) is 4.42. The molecule has 4 N–H and O–H groups in total. The van der Waals surface area contributed by atoms with Crippen LogP contribution in [0.4, 0.5) is 10.7 Å². The van der Waals surface area contributed by atoms with Gasteiger partial charge in [-0.3, -0.25) is 4.79 Å². The van der Waals surface area contributed by atoms with Crippen LogP contribution in [0.2, 0.25) is 0 Å². The highest BCUT2D eigenvalue weighted by Crippen LogP contribution is 2.50. The number of nitrogens with two attached hydrogens (primary N) is 1. The lowest BCUT2D eigenvalue weighted by atomic mass is 10.1. The van der Waals surface area contributed by atoms with Crippen molar-refractivity contribution in [2.45, 2.75) is 38.7 Å². The van der Waals surface area contributed by atoms with Gasteiger partial charge in [0.2, 0.25) is 0 Å².